The molecule has 0 saturated carbocycles. The Morgan fingerprint density at radius 3 is 2.78 bits per heavy atom. The monoisotopic (exact) mass is 354 g/mol. The van der Waals surface area contributed by atoms with E-state index in [0.717, 1.165) is 37.4 Å². The largest absolute Gasteiger partial charge is 0.385 e. The van der Waals surface area contributed by atoms with Gasteiger partial charge in [-0.05, 0) is 36.6 Å². The molecular weight excluding hydrogens is 335 g/mol. The summed E-state index contributed by atoms with van der Waals surface area (Å²) in [6, 6.07) is 7.36. The van der Waals surface area contributed by atoms with Crippen molar-refractivity contribution >= 4 is 35.0 Å². The van der Waals surface area contributed by atoms with Crippen molar-refractivity contribution in [2.45, 2.75) is 12.8 Å². The van der Waals surface area contributed by atoms with Crippen LogP contribution in [-0.2, 0) is 11.2 Å². The van der Waals surface area contributed by atoms with Crippen LogP contribution in [0, 0.1) is 0 Å². The number of hydrogen-bond acceptors (Lipinski definition) is 5. The zero-order valence-corrected chi connectivity index (χ0v) is 14.5. The van der Waals surface area contributed by atoms with Crippen molar-refractivity contribution in [3.8, 4) is 0 Å². The maximum atomic E-state index is 6.16. The summed E-state index contributed by atoms with van der Waals surface area (Å²) < 4.78 is 5.01. The number of anilines is 2. The first-order valence-corrected chi connectivity index (χ1v) is 8.18. The lowest BCUT2D eigenvalue weighted by Crippen LogP contribution is -2.10. The van der Waals surface area contributed by atoms with E-state index in [1.54, 1.807) is 19.4 Å². The van der Waals surface area contributed by atoms with Gasteiger partial charge in [0.25, 0.3) is 0 Å². The molecule has 23 heavy (non-hydrogen) atoms. The van der Waals surface area contributed by atoms with Gasteiger partial charge < -0.3 is 15.4 Å². The predicted octanol–water partition coefficient (Wildman–Crippen LogP) is 3.89. The zero-order valence-electron chi connectivity index (χ0n) is 13.0. The van der Waals surface area contributed by atoms with Gasteiger partial charge in [-0.2, -0.15) is 4.98 Å². The predicted molar refractivity (Wildman–Crippen MR) is 95.7 cm³/mol. The molecule has 0 bridgehead atoms. The average Bonchev–Trinajstić information content (AvgIpc) is 2.54. The molecule has 1 heterocycles. The van der Waals surface area contributed by atoms with Crippen LogP contribution in [-0.4, -0.2) is 36.8 Å². The van der Waals surface area contributed by atoms with Gasteiger partial charge in [0.15, 0.2) is 0 Å². The Kier molecular flexibility index (Phi) is 7.39. The molecule has 124 valence electrons. The van der Waals surface area contributed by atoms with E-state index in [4.69, 9.17) is 27.9 Å². The van der Waals surface area contributed by atoms with Crippen LogP contribution in [0.2, 0.25) is 10.0 Å². The van der Waals surface area contributed by atoms with E-state index in [2.05, 4.69) is 20.6 Å². The van der Waals surface area contributed by atoms with Crippen LogP contribution in [0.25, 0.3) is 0 Å². The van der Waals surface area contributed by atoms with E-state index in [1.165, 1.54) is 0 Å². The van der Waals surface area contributed by atoms with Gasteiger partial charge >= 0.3 is 0 Å². The fourth-order valence-corrected chi connectivity index (χ4v) is 2.51. The summed E-state index contributed by atoms with van der Waals surface area (Å²) in [6.45, 7) is 2.23. The number of ether oxygens (including phenoxy) is 1. The quantitative estimate of drug-likeness (QED) is 0.669. The van der Waals surface area contributed by atoms with Crippen molar-refractivity contribution in [1.29, 1.82) is 0 Å². The SMILES string of the molecule is COCCCNc1ccnc(NCCc2ccc(Cl)cc2Cl)n1. The fraction of sp³-hybridized carbons (Fsp3) is 0.375. The molecule has 1 aromatic carbocycles. The second kappa shape index (κ2) is 9.55. The Balaban J connectivity index is 1.81. The summed E-state index contributed by atoms with van der Waals surface area (Å²) in [7, 11) is 1.69. The van der Waals surface area contributed by atoms with Gasteiger partial charge in [0.05, 0.1) is 0 Å². The molecule has 0 spiro atoms. The molecule has 2 rings (SSSR count). The van der Waals surface area contributed by atoms with Gasteiger partial charge in [-0.3, -0.25) is 0 Å². The Labute approximate surface area is 146 Å². The Morgan fingerprint density at radius 1 is 1.13 bits per heavy atom. The highest BCUT2D eigenvalue weighted by atomic mass is 35.5. The molecule has 0 amide bonds. The minimum Gasteiger partial charge on any atom is -0.385 e. The molecular formula is C16H20Cl2N4O. The molecule has 2 aromatic rings. The molecule has 7 heteroatoms. The number of methoxy groups -OCH3 is 1. The third-order valence-electron chi connectivity index (χ3n) is 3.18. The van der Waals surface area contributed by atoms with Crippen LogP contribution in [0.4, 0.5) is 11.8 Å². The normalized spacial score (nSPS) is 10.6. The molecule has 0 fully saturated rings. The fourth-order valence-electron chi connectivity index (χ4n) is 2.01. The number of nitrogens with one attached hydrogen (secondary N) is 2. The van der Waals surface area contributed by atoms with Crippen LogP contribution in [0.3, 0.4) is 0 Å². The summed E-state index contributed by atoms with van der Waals surface area (Å²) in [5, 5.41) is 7.75. The number of benzene rings is 1. The first-order chi connectivity index (χ1) is 11.2. The molecule has 0 aliphatic carbocycles. The molecule has 0 saturated heterocycles. The van der Waals surface area contributed by atoms with Crippen LogP contribution < -0.4 is 10.6 Å². The average molecular weight is 355 g/mol. The summed E-state index contributed by atoms with van der Waals surface area (Å²) >= 11 is 12.0. The van der Waals surface area contributed by atoms with Crippen molar-refractivity contribution in [3.05, 3.63) is 46.1 Å². The molecule has 0 aliphatic heterocycles. The van der Waals surface area contributed by atoms with Crippen molar-refractivity contribution in [2.24, 2.45) is 0 Å². The summed E-state index contributed by atoms with van der Waals surface area (Å²) in [4.78, 5) is 8.62. The summed E-state index contributed by atoms with van der Waals surface area (Å²) in [5.74, 6) is 1.38. The number of aromatic nitrogens is 2. The van der Waals surface area contributed by atoms with E-state index in [1.807, 2.05) is 18.2 Å². The summed E-state index contributed by atoms with van der Waals surface area (Å²) in [6.07, 6.45) is 3.42. The topological polar surface area (TPSA) is 59.1 Å². The Morgan fingerprint density at radius 2 is 2.00 bits per heavy atom. The minimum absolute atomic E-state index is 0.590. The Bertz CT molecular complexity index is 625. The van der Waals surface area contributed by atoms with Gasteiger partial charge in [-0.15, -0.1) is 0 Å². The van der Waals surface area contributed by atoms with Crippen molar-refractivity contribution in [2.75, 3.05) is 37.4 Å². The van der Waals surface area contributed by atoms with Gasteiger partial charge in [0.2, 0.25) is 5.95 Å². The number of hydrogen-bond donors (Lipinski definition) is 2. The van der Waals surface area contributed by atoms with Crippen molar-refractivity contribution in [3.63, 3.8) is 0 Å². The lowest BCUT2D eigenvalue weighted by molar-refractivity contribution is 0.198. The number of nitrogens with zero attached hydrogens (tertiary/aromatic N) is 2. The number of halogens is 2. The lowest BCUT2D eigenvalue weighted by Gasteiger charge is -2.09. The molecule has 0 aliphatic rings. The third kappa shape index (κ3) is 6.22. The van der Waals surface area contributed by atoms with Gasteiger partial charge in [-0.1, -0.05) is 29.3 Å². The zero-order chi connectivity index (χ0) is 16.5. The molecule has 5 nitrogen and oxygen atoms in total. The second-order valence-electron chi connectivity index (χ2n) is 4.95. The first kappa shape index (κ1) is 17.8. The maximum absolute atomic E-state index is 6.16. The van der Waals surface area contributed by atoms with E-state index < -0.39 is 0 Å². The summed E-state index contributed by atoms with van der Waals surface area (Å²) in [5.41, 5.74) is 1.04. The van der Waals surface area contributed by atoms with Gasteiger partial charge in [-0.25, -0.2) is 4.98 Å². The van der Waals surface area contributed by atoms with E-state index in [-0.39, 0.29) is 0 Å². The van der Waals surface area contributed by atoms with Crippen LogP contribution in [0.15, 0.2) is 30.5 Å². The van der Waals surface area contributed by atoms with E-state index in [9.17, 15) is 0 Å². The Hall–Kier alpha value is -1.56. The highest BCUT2D eigenvalue weighted by Crippen LogP contribution is 2.21. The van der Waals surface area contributed by atoms with Crippen molar-refractivity contribution in [1.82, 2.24) is 9.97 Å². The van der Waals surface area contributed by atoms with Crippen LogP contribution in [0.5, 0.6) is 0 Å². The van der Waals surface area contributed by atoms with Crippen LogP contribution in [0.1, 0.15) is 12.0 Å². The van der Waals surface area contributed by atoms with Crippen molar-refractivity contribution < 1.29 is 4.74 Å². The van der Waals surface area contributed by atoms with Crippen LogP contribution >= 0.6 is 23.2 Å². The third-order valence-corrected chi connectivity index (χ3v) is 3.77. The van der Waals surface area contributed by atoms with E-state index in [0.29, 0.717) is 22.5 Å². The molecule has 1 aromatic heterocycles. The lowest BCUT2D eigenvalue weighted by atomic mass is 10.1. The highest BCUT2D eigenvalue weighted by molar-refractivity contribution is 6.35. The van der Waals surface area contributed by atoms with Gasteiger partial charge in [0.1, 0.15) is 5.82 Å². The minimum atomic E-state index is 0.590. The molecule has 0 atom stereocenters. The molecule has 2 N–H and O–H groups in total. The number of rotatable bonds is 9. The van der Waals surface area contributed by atoms with Gasteiger partial charge in [0, 0.05) is 43.0 Å². The smallest absolute Gasteiger partial charge is 0.224 e. The van der Waals surface area contributed by atoms with E-state index >= 15 is 0 Å². The maximum Gasteiger partial charge on any atom is 0.224 e. The highest BCUT2D eigenvalue weighted by Gasteiger charge is 2.03. The first-order valence-electron chi connectivity index (χ1n) is 7.42. The standard InChI is InChI=1S/C16H20Cl2N4O/c1-23-10-2-7-19-15-6-9-21-16(22-15)20-8-5-12-3-4-13(17)11-14(12)18/h3-4,6,9,11H,2,5,7-8,10H2,1H3,(H2,19,20,21,22). The second-order valence-corrected chi connectivity index (χ2v) is 5.79. The molecule has 0 unspecified atom stereocenters. The molecule has 0 radical (unpaired) electrons.